The van der Waals surface area contributed by atoms with Crippen molar-refractivity contribution in [1.29, 1.82) is 0 Å². The summed E-state index contributed by atoms with van der Waals surface area (Å²) in [5.41, 5.74) is 0. The Kier molecular flexibility index (Phi) is 5.27. The number of carbonyl (C=O) groups excluding carboxylic acids is 1. The number of hydrogen-bond donors (Lipinski definition) is 1. The highest BCUT2D eigenvalue weighted by Gasteiger charge is 2.13. The van der Waals surface area contributed by atoms with Gasteiger partial charge in [0.25, 0.3) is 5.91 Å². The minimum atomic E-state index is -0.155. The van der Waals surface area contributed by atoms with Gasteiger partial charge in [0.1, 0.15) is 0 Å². The molecule has 18 heavy (non-hydrogen) atoms. The first kappa shape index (κ1) is 13.1. The summed E-state index contributed by atoms with van der Waals surface area (Å²) in [7, 11) is 0. The normalized spacial score (nSPS) is 16.7. The molecular formula is C14H21NO3. The summed E-state index contributed by atoms with van der Waals surface area (Å²) in [6.45, 7) is 1.36. The topological polar surface area (TPSA) is 51.5 Å². The van der Waals surface area contributed by atoms with Crippen LogP contribution in [0.4, 0.5) is 0 Å². The number of ether oxygens (including phenoxy) is 1. The van der Waals surface area contributed by atoms with Crippen molar-refractivity contribution in [1.82, 2.24) is 5.32 Å². The maximum absolute atomic E-state index is 11.5. The highest BCUT2D eigenvalue weighted by atomic mass is 16.5. The van der Waals surface area contributed by atoms with E-state index in [4.69, 9.17) is 9.15 Å². The molecule has 0 saturated heterocycles. The minimum Gasteiger partial charge on any atom is -0.459 e. The molecule has 4 heteroatoms. The number of carbonyl (C=O) groups is 1. The van der Waals surface area contributed by atoms with Crippen molar-refractivity contribution in [3.8, 4) is 0 Å². The third-order valence-electron chi connectivity index (χ3n) is 3.26. The molecule has 1 aliphatic carbocycles. The van der Waals surface area contributed by atoms with Gasteiger partial charge in [0.05, 0.1) is 12.4 Å². The number of amides is 1. The largest absolute Gasteiger partial charge is 0.459 e. The highest BCUT2D eigenvalue weighted by molar-refractivity contribution is 5.91. The summed E-state index contributed by atoms with van der Waals surface area (Å²) >= 11 is 0. The smallest absolute Gasteiger partial charge is 0.286 e. The molecule has 1 aromatic heterocycles. The van der Waals surface area contributed by atoms with Crippen LogP contribution in [0.1, 0.15) is 49.1 Å². The molecule has 1 N–H and O–H groups in total. The summed E-state index contributed by atoms with van der Waals surface area (Å²) < 4.78 is 10.8. The molecule has 1 amide bonds. The zero-order valence-corrected chi connectivity index (χ0v) is 10.7. The average Bonchev–Trinajstić information content (AvgIpc) is 2.93. The quantitative estimate of drug-likeness (QED) is 0.791. The van der Waals surface area contributed by atoms with Crippen LogP contribution in [-0.4, -0.2) is 25.2 Å². The van der Waals surface area contributed by atoms with Gasteiger partial charge in [0.15, 0.2) is 5.76 Å². The molecule has 1 aliphatic rings. The van der Waals surface area contributed by atoms with Crippen molar-refractivity contribution < 1.29 is 13.9 Å². The van der Waals surface area contributed by atoms with Gasteiger partial charge in [-0.15, -0.1) is 0 Å². The van der Waals surface area contributed by atoms with Gasteiger partial charge < -0.3 is 14.5 Å². The maximum Gasteiger partial charge on any atom is 0.286 e. The fourth-order valence-electron chi connectivity index (χ4n) is 2.25. The standard InChI is InChI=1S/C14H21NO3/c16-14(13-8-4-10-18-13)15-9-5-11-17-12-6-2-1-3-7-12/h4,8,10,12H,1-3,5-7,9,11H2,(H,15,16). The molecule has 0 unspecified atom stereocenters. The van der Waals surface area contributed by atoms with Gasteiger partial charge >= 0.3 is 0 Å². The van der Waals surface area contributed by atoms with Gasteiger partial charge in [0, 0.05) is 13.2 Å². The fourth-order valence-corrected chi connectivity index (χ4v) is 2.25. The van der Waals surface area contributed by atoms with E-state index in [0.717, 1.165) is 13.0 Å². The van der Waals surface area contributed by atoms with Crippen molar-refractivity contribution in [3.05, 3.63) is 24.2 Å². The van der Waals surface area contributed by atoms with Crippen molar-refractivity contribution in [3.63, 3.8) is 0 Å². The first-order valence-electron chi connectivity index (χ1n) is 6.79. The molecule has 1 saturated carbocycles. The molecular weight excluding hydrogens is 230 g/mol. The predicted octanol–water partition coefficient (Wildman–Crippen LogP) is 2.75. The first-order valence-corrected chi connectivity index (χ1v) is 6.79. The van der Waals surface area contributed by atoms with Crippen LogP contribution in [-0.2, 0) is 4.74 Å². The van der Waals surface area contributed by atoms with Crippen molar-refractivity contribution in [2.24, 2.45) is 0 Å². The molecule has 100 valence electrons. The molecule has 0 radical (unpaired) electrons. The monoisotopic (exact) mass is 251 g/mol. The van der Waals surface area contributed by atoms with Crippen molar-refractivity contribution >= 4 is 5.91 Å². The Morgan fingerprint density at radius 3 is 2.94 bits per heavy atom. The summed E-state index contributed by atoms with van der Waals surface area (Å²) in [5.74, 6) is 0.209. The van der Waals surface area contributed by atoms with E-state index in [1.807, 2.05) is 0 Å². The Hall–Kier alpha value is -1.29. The molecule has 0 bridgehead atoms. The number of rotatable bonds is 6. The van der Waals surface area contributed by atoms with Crippen LogP contribution in [0.15, 0.2) is 22.8 Å². The molecule has 1 aromatic rings. The third-order valence-corrected chi connectivity index (χ3v) is 3.26. The molecule has 0 spiro atoms. The lowest BCUT2D eigenvalue weighted by Crippen LogP contribution is -2.25. The number of furan rings is 1. The van der Waals surface area contributed by atoms with E-state index in [9.17, 15) is 4.79 Å². The van der Waals surface area contributed by atoms with Crippen LogP contribution >= 0.6 is 0 Å². The Morgan fingerprint density at radius 1 is 1.39 bits per heavy atom. The average molecular weight is 251 g/mol. The van der Waals surface area contributed by atoms with E-state index in [0.29, 0.717) is 18.4 Å². The zero-order chi connectivity index (χ0) is 12.6. The Labute approximate surface area is 108 Å². The molecule has 0 aliphatic heterocycles. The maximum atomic E-state index is 11.5. The Morgan fingerprint density at radius 2 is 2.22 bits per heavy atom. The van der Waals surface area contributed by atoms with Crippen molar-refractivity contribution in [2.75, 3.05) is 13.2 Å². The fraction of sp³-hybridized carbons (Fsp3) is 0.643. The molecule has 1 fully saturated rings. The Balaban J connectivity index is 1.52. The van der Waals surface area contributed by atoms with E-state index < -0.39 is 0 Å². The third kappa shape index (κ3) is 4.18. The van der Waals surface area contributed by atoms with E-state index in [2.05, 4.69) is 5.32 Å². The van der Waals surface area contributed by atoms with Crippen LogP contribution in [0, 0.1) is 0 Å². The van der Waals surface area contributed by atoms with Crippen LogP contribution in [0.2, 0.25) is 0 Å². The summed E-state index contributed by atoms with van der Waals surface area (Å²) in [6.07, 6.45) is 9.11. The van der Waals surface area contributed by atoms with Gasteiger partial charge in [-0.2, -0.15) is 0 Å². The second-order valence-corrected chi connectivity index (χ2v) is 4.72. The van der Waals surface area contributed by atoms with Crippen LogP contribution in [0.25, 0.3) is 0 Å². The second-order valence-electron chi connectivity index (χ2n) is 4.72. The van der Waals surface area contributed by atoms with Gasteiger partial charge in [-0.25, -0.2) is 0 Å². The summed E-state index contributed by atoms with van der Waals surface area (Å²) in [6, 6.07) is 3.37. The van der Waals surface area contributed by atoms with E-state index in [1.165, 1.54) is 38.4 Å². The summed E-state index contributed by atoms with van der Waals surface area (Å²) in [5, 5.41) is 2.81. The first-order chi connectivity index (χ1) is 8.86. The number of nitrogens with one attached hydrogen (secondary N) is 1. The van der Waals surface area contributed by atoms with Gasteiger partial charge in [-0.1, -0.05) is 19.3 Å². The van der Waals surface area contributed by atoms with Crippen LogP contribution in [0.5, 0.6) is 0 Å². The lowest BCUT2D eigenvalue weighted by atomic mass is 9.98. The zero-order valence-electron chi connectivity index (χ0n) is 10.7. The molecule has 1 heterocycles. The van der Waals surface area contributed by atoms with Gasteiger partial charge in [-0.05, 0) is 31.4 Å². The summed E-state index contributed by atoms with van der Waals surface area (Å²) in [4.78, 5) is 11.5. The van der Waals surface area contributed by atoms with Crippen LogP contribution < -0.4 is 5.32 Å². The van der Waals surface area contributed by atoms with Gasteiger partial charge in [-0.3, -0.25) is 4.79 Å². The Bertz CT molecular complexity index is 342. The van der Waals surface area contributed by atoms with E-state index >= 15 is 0 Å². The molecule has 0 aromatic carbocycles. The lowest BCUT2D eigenvalue weighted by molar-refractivity contribution is 0.0273. The second kappa shape index (κ2) is 7.21. The molecule has 4 nitrogen and oxygen atoms in total. The van der Waals surface area contributed by atoms with E-state index in [1.54, 1.807) is 12.1 Å². The van der Waals surface area contributed by atoms with Crippen LogP contribution in [0.3, 0.4) is 0 Å². The minimum absolute atomic E-state index is 0.155. The van der Waals surface area contributed by atoms with Gasteiger partial charge in [0.2, 0.25) is 0 Å². The SMILES string of the molecule is O=C(NCCCOC1CCCCC1)c1ccco1. The molecule has 0 atom stereocenters. The highest BCUT2D eigenvalue weighted by Crippen LogP contribution is 2.20. The predicted molar refractivity (Wildman–Crippen MR) is 68.5 cm³/mol. The number of hydrogen-bond acceptors (Lipinski definition) is 3. The van der Waals surface area contributed by atoms with Crippen molar-refractivity contribution in [2.45, 2.75) is 44.6 Å². The molecule has 2 rings (SSSR count). The van der Waals surface area contributed by atoms with E-state index in [-0.39, 0.29) is 5.91 Å². The lowest BCUT2D eigenvalue weighted by Gasteiger charge is -2.21.